The van der Waals surface area contributed by atoms with Gasteiger partial charge in [0.2, 0.25) is 0 Å². The maximum atomic E-state index is 10.6. The molecule has 0 aromatic heterocycles. The van der Waals surface area contributed by atoms with E-state index in [9.17, 15) is 13.2 Å². The van der Waals surface area contributed by atoms with Crippen molar-refractivity contribution in [1.82, 2.24) is 0 Å². The third-order valence-electron chi connectivity index (χ3n) is 1.57. The molecule has 1 rings (SSSR count). The molecule has 0 spiro atoms. The number of aryl methyl sites for hydroxylation is 1. The number of carbonyl (C=O) groups is 1. The number of aldehydes is 1. The van der Waals surface area contributed by atoms with Crippen LogP contribution in [0, 0.1) is 6.92 Å². The molecule has 0 unspecified atom stereocenters. The van der Waals surface area contributed by atoms with E-state index in [4.69, 9.17) is 0 Å². The number of carbonyl (C=O) groups excluding carboxylic acids is 1. The quantitative estimate of drug-likeness (QED) is 0.545. The highest BCUT2D eigenvalue weighted by Crippen LogP contribution is 2.10. The second kappa shape index (κ2) is 3.49. The first-order chi connectivity index (χ1) is 5.65. The molecule has 0 fully saturated rings. The van der Waals surface area contributed by atoms with Crippen LogP contribution in [-0.2, 0) is 10.7 Å². The molecule has 0 saturated carbocycles. The third-order valence-corrected chi connectivity index (χ3v) is 2.44. The van der Waals surface area contributed by atoms with Gasteiger partial charge in [-0.2, -0.15) is 0 Å². The topological polar surface area (TPSA) is 51.2 Å². The Morgan fingerprint density at radius 3 is 2.50 bits per heavy atom. The summed E-state index contributed by atoms with van der Waals surface area (Å²) in [6.45, 7) is 1.69. The molecule has 0 saturated heterocycles. The summed E-state index contributed by atoms with van der Waals surface area (Å²) < 4.78 is 21.2. The number of benzene rings is 1. The lowest BCUT2D eigenvalue weighted by Crippen LogP contribution is -1.88. The second-order valence-corrected chi connectivity index (χ2v) is 3.42. The number of thiol groups is 1. The van der Waals surface area contributed by atoms with Gasteiger partial charge in [-0.3, -0.25) is 4.79 Å². The molecule has 12 heavy (non-hydrogen) atoms. The van der Waals surface area contributed by atoms with Crippen molar-refractivity contribution in [3.05, 3.63) is 29.3 Å². The lowest BCUT2D eigenvalue weighted by Gasteiger charge is -1.97. The van der Waals surface area contributed by atoms with Gasteiger partial charge in [0, 0.05) is 5.56 Å². The van der Waals surface area contributed by atoms with Crippen LogP contribution in [0.2, 0.25) is 0 Å². The first-order valence-electron chi connectivity index (χ1n) is 3.35. The summed E-state index contributed by atoms with van der Waals surface area (Å²) in [5.41, 5.74) is 1.05. The minimum atomic E-state index is -2.60. The maximum absolute atomic E-state index is 10.6. The summed E-state index contributed by atoms with van der Waals surface area (Å²) in [5, 5.41) is 0. The standard InChI is InChI=1S/C8H8O3S/c1-6-2-3-7(5-9)4-8(6)12(10)11/h2-5,12H,1H3. The monoisotopic (exact) mass is 184 g/mol. The zero-order valence-corrected chi connectivity index (χ0v) is 7.38. The Morgan fingerprint density at radius 1 is 1.33 bits per heavy atom. The Bertz CT molecular complexity index is 372. The van der Waals surface area contributed by atoms with Crippen molar-refractivity contribution in [3.63, 3.8) is 0 Å². The van der Waals surface area contributed by atoms with Gasteiger partial charge in [-0.1, -0.05) is 12.1 Å². The molecule has 0 heterocycles. The van der Waals surface area contributed by atoms with Gasteiger partial charge in [-0.15, -0.1) is 0 Å². The van der Waals surface area contributed by atoms with Gasteiger partial charge in [0.15, 0.2) is 10.7 Å². The van der Waals surface area contributed by atoms with E-state index in [0.29, 0.717) is 17.4 Å². The highest BCUT2D eigenvalue weighted by Gasteiger charge is 2.00. The summed E-state index contributed by atoms with van der Waals surface area (Å²) in [6, 6.07) is 4.57. The van der Waals surface area contributed by atoms with Crippen LogP contribution >= 0.6 is 0 Å². The van der Waals surface area contributed by atoms with Gasteiger partial charge >= 0.3 is 0 Å². The van der Waals surface area contributed by atoms with Crippen LogP contribution in [0.4, 0.5) is 0 Å². The summed E-state index contributed by atoms with van der Waals surface area (Å²) in [6.07, 6.45) is 0.627. The van der Waals surface area contributed by atoms with Crippen molar-refractivity contribution in [3.8, 4) is 0 Å². The van der Waals surface area contributed by atoms with Crippen molar-refractivity contribution in [2.75, 3.05) is 0 Å². The van der Waals surface area contributed by atoms with Crippen LogP contribution in [0.1, 0.15) is 15.9 Å². The van der Waals surface area contributed by atoms with Gasteiger partial charge in [0.05, 0.1) is 4.90 Å². The highest BCUT2D eigenvalue weighted by molar-refractivity contribution is 7.72. The van der Waals surface area contributed by atoms with Gasteiger partial charge in [-0.25, -0.2) is 8.42 Å². The molecule has 0 aliphatic heterocycles. The van der Waals surface area contributed by atoms with E-state index in [1.54, 1.807) is 19.1 Å². The summed E-state index contributed by atoms with van der Waals surface area (Å²) in [4.78, 5) is 10.5. The van der Waals surface area contributed by atoms with Crippen molar-refractivity contribution in [2.45, 2.75) is 11.8 Å². The first-order valence-corrected chi connectivity index (χ1v) is 4.53. The largest absolute Gasteiger partial charge is 0.298 e. The number of hydrogen-bond acceptors (Lipinski definition) is 3. The zero-order valence-electron chi connectivity index (χ0n) is 6.48. The third kappa shape index (κ3) is 1.71. The highest BCUT2D eigenvalue weighted by atomic mass is 32.2. The summed E-state index contributed by atoms with van der Waals surface area (Å²) >= 11 is 0. The van der Waals surface area contributed by atoms with Crippen molar-refractivity contribution < 1.29 is 13.2 Å². The minimum absolute atomic E-state index is 0.217. The van der Waals surface area contributed by atoms with Crippen LogP contribution in [0.15, 0.2) is 23.1 Å². The Kier molecular flexibility index (Phi) is 2.60. The van der Waals surface area contributed by atoms with E-state index in [1.165, 1.54) is 6.07 Å². The smallest absolute Gasteiger partial charge is 0.168 e. The predicted octanol–water partition coefficient (Wildman–Crippen LogP) is 0.778. The lowest BCUT2D eigenvalue weighted by molar-refractivity contribution is 0.112. The van der Waals surface area contributed by atoms with Gasteiger partial charge in [-0.05, 0) is 18.6 Å². The van der Waals surface area contributed by atoms with Gasteiger partial charge in [0.25, 0.3) is 0 Å². The van der Waals surface area contributed by atoms with Crippen LogP contribution in [-0.4, -0.2) is 14.7 Å². The summed E-state index contributed by atoms with van der Waals surface area (Å²) in [7, 11) is -2.60. The van der Waals surface area contributed by atoms with E-state index >= 15 is 0 Å². The molecule has 0 radical (unpaired) electrons. The Morgan fingerprint density at radius 2 is 2.00 bits per heavy atom. The van der Waals surface area contributed by atoms with Crippen LogP contribution in [0.3, 0.4) is 0 Å². The maximum Gasteiger partial charge on any atom is 0.168 e. The SMILES string of the molecule is Cc1ccc(C=O)cc1[SH](=O)=O. The van der Waals surface area contributed by atoms with Crippen molar-refractivity contribution in [2.24, 2.45) is 0 Å². The Hall–Kier alpha value is -1.16. The molecular formula is C8H8O3S. The lowest BCUT2D eigenvalue weighted by atomic mass is 10.2. The molecule has 64 valence electrons. The van der Waals surface area contributed by atoms with Gasteiger partial charge < -0.3 is 0 Å². The van der Waals surface area contributed by atoms with E-state index in [0.717, 1.165) is 0 Å². The van der Waals surface area contributed by atoms with Crippen LogP contribution in [0.5, 0.6) is 0 Å². The minimum Gasteiger partial charge on any atom is -0.298 e. The molecule has 0 N–H and O–H groups in total. The average molecular weight is 184 g/mol. The summed E-state index contributed by atoms with van der Waals surface area (Å²) in [5.74, 6) is 0. The zero-order chi connectivity index (χ0) is 9.14. The van der Waals surface area contributed by atoms with E-state index in [2.05, 4.69) is 0 Å². The molecule has 1 aromatic carbocycles. The molecule has 0 aliphatic rings. The average Bonchev–Trinajstić information content (AvgIpc) is 2.05. The molecule has 0 aliphatic carbocycles. The molecule has 1 aromatic rings. The normalized spacial score (nSPS) is 10.2. The van der Waals surface area contributed by atoms with Crippen molar-refractivity contribution >= 4 is 17.0 Å². The van der Waals surface area contributed by atoms with Crippen LogP contribution < -0.4 is 0 Å². The first kappa shape index (κ1) is 8.93. The molecule has 0 amide bonds. The van der Waals surface area contributed by atoms with Gasteiger partial charge in [0.1, 0.15) is 6.29 Å². The predicted molar refractivity (Wildman–Crippen MR) is 45.1 cm³/mol. The fraction of sp³-hybridized carbons (Fsp3) is 0.125. The number of hydrogen-bond donors (Lipinski definition) is 1. The molecular weight excluding hydrogens is 176 g/mol. The molecule has 4 heteroatoms. The van der Waals surface area contributed by atoms with Crippen molar-refractivity contribution in [1.29, 1.82) is 0 Å². The molecule has 3 nitrogen and oxygen atoms in total. The van der Waals surface area contributed by atoms with E-state index < -0.39 is 10.7 Å². The number of rotatable bonds is 2. The molecule has 0 atom stereocenters. The fourth-order valence-electron chi connectivity index (χ4n) is 0.896. The fourth-order valence-corrected chi connectivity index (χ4v) is 1.51. The Balaban J connectivity index is 3.35. The van der Waals surface area contributed by atoms with E-state index in [-0.39, 0.29) is 4.90 Å². The molecule has 0 bridgehead atoms. The second-order valence-electron chi connectivity index (χ2n) is 2.42. The van der Waals surface area contributed by atoms with Crippen LogP contribution in [0.25, 0.3) is 0 Å². The Labute approximate surface area is 72.0 Å². The van der Waals surface area contributed by atoms with E-state index in [1.807, 2.05) is 0 Å².